The lowest BCUT2D eigenvalue weighted by Crippen LogP contribution is -2.35. The number of carbonyl (C=O) groups is 1. The van der Waals surface area contributed by atoms with E-state index in [-0.39, 0.29) is 11.7 Å². The van der Waals surface area contributed by atoms with Crippen LogP contribution in [0.3, 0.4) is 0 Å². The second-order valence-electron chi connectivity index (χ2n) is 5.12. The summed E-state index contributed by atoms with van der Waals surface area (Å²) in [7, 11) is 1.50. The molecule has 0 aliphatic carbocycles. The standard InChI is InChI=1S/C15H14ClFN6O/c1-7(15(24)18-2)22-14-11(17)6-21-13(23-14)10-5-20-12-9(10)3-8(16)4-19-12/h3-7H,1-2H3,(H,18,24)(H,19,20)(H,21,22,23)/t7-/m0/s1. The van der Waals surface area contributed by atoms with Gasteiger partial charge in [-0.05, 0) is 13.0 Å². The lowest BCUT2D eigenvalue weighted by atomic mass is 10.2. The molecule has 3 aromatic rings. The molecule has 0 saturated heterocycles. The number of amides is 1. The van der Waals surface area contributed by atoms with Crippen LogP contribution in [0.4, 0.5) is 10.2 Å². The van der Waals surface area contributed by atoms with Crippen LogP contribution in [0.15, 0.2) is 24.7 Å². The molecule has 24 heavy (non-hydrogen) atoms. The number of hydrogen-bond acceptors (Lipinski definition) is 5. The molecular weight excluding hydrogens is 335 g/mol. The molecule has 1 amide bonds. The summed E-state index contributed by atoms with van der Waals surface area (Å²) < 4.78 is 14.0. The van der Waals surface area contributed by atoms with Crippen LogP contribution in [0.2, 0.25) is 5.02 Å². The number of nitrogens with one attached hydrogen (secondary N) is 3. The quantitative estimate of drug-likeness (QED) is 0.672. The number of anilines is 1. The average Bonchev–Trinajstić information content (AvgIpc) is 2.99. The van der Waals surface area contributed by atoms with E-state index in [0.29, 0.717) is 22.1 Å². The number of halogens is 2. The van der Waals surface area contributed by atoms with Gasteiger partial charge in [-0.15, -0.1) is 0 Å². The van der Waals surface area contributed by atoms with Crippen LogP contribution in [0.5, 0.6) is 0 Å². The summed E-state index contributed by atoms with van der Waals surface area (Å²) in [5.41, 5.74) is 1.26. The van der Waals surface area contributed by atoms with E-state index in [1.54, 1.807) is 19.2 Å². The third-order valence-electron chi connectivity index (χ3n) is 3.48. The van der Waals surface area contributed by atoms with Crippen molar-refractivity contribution in [2.45, 2.75) is 13.0 Å². The minimum Gasteiger partial charge on any atom is -0.357 e. The lowest BCUT2D eigenvalue weighted by Gasteiger charge is -2.13. The van der Waals surface area contributed by atoms with Crippen molar-refractivity contribution < 1.29 is 9.18 Å². The third kappa shape index (κ3) is 3.00. The van der Waals surface area contributed by atoms with Crippen LogP contribution in [0, 0.1) is 5.82 Å². The Labute approximate surface area is 141 Å². The van der Waals surface area contributed by atoms with E-state index in [2.05, 4.69) is 30.6 Å². The van der Waals surface area contributed by atoms with E-state index in [1.807, 2.05) is 0 Å². The second kappa shape index (κ2) is 6.40. The Morgan fingerprint density at radius 3 is 2.92 bits per heavy atom. The molecule has 0 radical (unpaired) electrons. The molecule has 0 aliphatic rings. The predicted octanol–water partition coefficient (Wildman–Crippen LogP) is 2.36. The van der Waals surface area contributed by atoms with Crippen molar-refractivity contribution in [3.8, 4) is 11.4 Å². The maximum absolute atomic E-state index is 14.0. The smallest absolute Gasteiger partial charge is 0.241 e. The van der Waals surface area contributed by atoms with Gasteiger partial charge in [-0.2, -0.15) is 0 Å². The first kappa shape index (κ1) is 16.1. The van der Waals surface area contributed by atoms with E-state index < -0.39 is 11.9 Å². The topological polar surface area (TPSA) is 95.6 Å². The van der Waals surface area contributed by atoms with Crippen LogP contribution < -0.4 is 10.6 Å². The molecule has 0 spiro atoms. The molecule has 3 aromatic heterocycles. The van der Waals surface area contributed by atoms with Crippen molar-refractivity contribution >= 4 is 34.4 Å². The highest BCUT2D eigenvalue weighted by molar-refractivity contribution is 6.31. The monoisotopic (exact) mass is 348 g/mol. The van der Waals surface area contributed by atoms with Crippen molar-refractivity contribution in [2.24, 2.45) is 0 Å². The molecule has 3 N–H and O–H groups in total. The van der Waals surface area contributed by atoms with Crippen molar-refractivity contribution in [2.75, 3.05) is 12.4 Å². The average molecular weight is 349 g/mol. The van der Waals surface area contributed by atoms with Crippen LogP contribution in [-0.2, 0) is 4.79 Å². The van der Waals surface area contributed by atoms with Gasteiger partial charge in [-0.3, -0.25) is 4.79 Å². The number of carbonyl (C=O) groups excluding carboxylic acids is 1. The summed E-state index contributed by atoms with van der Waals surface area (Å²) in [6.45, 7) is 1.61. The van der Waals surface area contributed by atoms with E-state index in [0.717, 1.165) is 11.6 Å². The number of likely N-dealkylation sites (N-methyl/N-ethyl adjacent to an activating group) is 1. The number of aromatic amines is 1. The van der Waals surface area contributed by atoms with Crippen molar-refractivity contribution in [3.63, 3.8) is 0 Å². The molecule has 0 aliphatic heterocycles. The molecule has 1 atom stereocenters. The van der Waals surface area contributed by atoms with Gasteiger partial charge in [0, 0.05) is 30.4 Å². The number of rotatable bonds is 4. The van der Waals surface area contributed by atoms with E-state index >= 15 is 0 Å². The number of fused-ring (bicyclic) bond motifs is 1. The minimum atomic E-state index is -0.648. The fourth-order valence-corrected chi connectivity index (χ4v) is 2.41. The fourth-order valence-electron chi connectivity index (χ4n) is 2.25. The highest BCUT2D eigenvalue weighted by atomic mass is 35.5. The maximum Gasteiger partial charge on any atom is 0.241 e. The van der Waals surface area contributed by atoms with Crippen LogP contribution in [0.1, 0.15) is 6.92 Å². The lowest BCUT2D eigenvalue weighted by molar-refractivity contribution is -0.121. The fraction of sp³-hybridized carbons (Fsp3) is 0.200. The van der Waals surface area contributed by atoms with Crippen molar-refractivity contribution in [1.82, 2.24) is 25.3 Å². The van der Waals surface area contributed by atoms with Gasteiger partial charge in [-0.1, -0.05) is 11.6 Å². The Morgan fingerprint density at radius 2 is 2.17 bits per heavy atom. The van der Waals surface area contributed by atoms with Gasteiger partial charge < -0.3 is 15.6 Å². The highest BCUT2D eigenvalue weighted by Crippen LogP contribution is 2.28. The SMILES string of the molecule is CNC(=O)[C@H](C)Nc1nc(-c2c[nH]c3ncc(Cl)cc23)ncc1F. The highest BCUT2D eigenvalue weighted by Gasteiger charge is 2.17. The Kier molecular flexibility index (Phi) is 4.30. The van der Waals surface area contributed by atoms with Gasteiger partial charge in [0.2, 0.25) is 5.91 Å². The number of aromatic nitrogens is 4. The molecule has 0 bridgehead atoms. The van der Waals surface area contributed by atoms with E-state index in [4.69, 9.17) is 11.6 Å². The Balaban J connectivity index is 2.01. The van der Waals surface area contributed by atoms with E-state index in [1.165, 1.54) is 13.2 Å². The summed E-state index contributed by atoms with van der Waals surface area (Å²) >= 11 is 5.98. The maximum atomic E-state index is 14.0. The zero-order valence-electron chi connectivity index (χ0n) is 12.9. The third-order valence-corrected chi connectivity index (χ3v) is 3.68. The number of hydrogen-bond donors (Lipinski definition) is 3. The minimum absolute atomic E-state index is 0.0552. The van der Waals surface area contributed by atoms with E-state index in [9.17, 15) is 9.18 Å². The molecule has 9 heteroatoms. The number of H-pyrrole nitrogens is 1. The van der Waals surface area contributed by atoms with Crippen LogP contribution in [0.25, 0.3) is 22.4 Å². The molecule has 3 rings (SSSR count). The van der Waals surface area contributed by atoms with Crippen molar-refractivity contribution in [3.05, 3.63) is 35.5 Å². The van der Waals surface area contributed by atoms with Crippen molar-refractivity contribution in [1.29, 1.82) is 0 Å². The summed E-state index contributed by atoms with van der Waals surface area (Å²) in [6, 6.07) is 1.08. The molecule has 3 heterocycles. The van der Waals surface area contributed by atoms with Gasteiger partial charge in [0.1, 0.15) is 11.7 Å². The Hall–Kier alpha value is -2.74. The Bertz CT molecular complexity index is 912. The second-order valence-corrected chi connectivity index (χ2v) is 5.56. The van der Waals surface area contributed by atoms with Gasteiger partial charge in [0.25, 0.3) is 0 Å². The molecule has 0 fully saturated rings. The summed E-state index contributed by atoms with van der Waals surface area (Å²) in [5.74, 6) is -0.693. The van der Waals surface area contributed by atoms with Gasteiger partial charge >= 0.3 is 0 Å². The largest absolute Gasteiger partial charge is 0.357 e. The Morgan fingerprint density at radius 1 is 1.38 bits per heavy atom. The first-order valence-electron chi connectivity index (χ1n) is 7.13. The van der Waals surface area contributed by atoms with Crippen LogP contribution >= 0.6 is 11.6 Å². The molecule has 0 saturated carbocycles. The first-order chi connectivity index (χ1) is 11.5. The molecular formula is C15H14ClFN6O. The predicted molar refractivity (Wildman–Crippen MR) is 89.2 cm³/mol. The number of nitrogens with zero attached hydrogens (tertiary/aromatic N) is 3. The summed E-state index contributed by atoms with van der Waals surface area (Å²) in [4.78, 5) is 26.9. The zero-order chi connectivity index (χ0) is 17.3. The van der Waals surface area contributed by atoms with Gasteiger partial charge in [0.15, 0.2) is 17.5 Å². The summed E-state index contributed by atoms with van der Waals surface area (Å²) in [5, 5.41) is 6.41. The first-order valence-corrected chi connectivity index (χ1v) is 7.51. The van der Waals surface area contributed by atoms with Gasteiger partial charge in [0.05, 0.1) is 11.2 Å². The van der Waals surface area contributed by atoms with Crippen LogP contribution in [-0.4, -0.2) is 38.9 Å². The molecule has 0 aromatic carbocycles. The molecule has 0 unspecified atom stereocenters. The normalized spacial score (nSPS) is 12.2. The van der Waals surface area contributed by atoms with Gasteiger partial charge in [-0.25, -0.2) is 19.3 Å². The summed E-state index contributed by atoms with van der Waals surface area (Å²) in [6.07, 6.45) is 4.25. The zero-order valence-corrected chi connectivity index (χ0v) is 13.6. The number of pyridine rings is 1. The molecule has 124 valence electrons. The molecule has 7 nitrogen and oxygen atoms in total.